The Morgan fingerprint density at radius 1 is 0.780 bits per heavy atom. The molecule has 228 valence electrons. The summed E-state index contributed by atoms with van der Waals surface area (Å²) in [4.78, 5) is 22.0. The number of nitro benzene ring substituents is 1. The maximum absolute atomic E-state index is 14.4. The van der Waals surface area contributed by atoms with Gasteiger partial charge in [-0.05, 0) is 18.2 Å². The lowest BCUT2D eigenvalue weighted by Gasteiger charge is -2.35. The van der Waals surface area contributed by atoms with Crippen LogP contribution in [0.4, 0.5) is 68.5 Å². The first-order valence-corrected chi connectivity index (χ1v) is 10.1. The Labute approximate surface area is 217 Å². The molecule has 0 fully saturated rings. The number of benzene rings is 2. The minimum absolute atomic E-state index is 0.0300. The third-order valence-corrected chi connectivity index (χ3v) is 4.53. The second kappa shape index (κ2) is 11.2. The molecule has 0 atom stereocenters. The van der Waals surface area contributed by atoms with Gasteiger partial charge in [-0.15, -0.1) is 13.2 Å². The number of hydrogen-bond donors (Lipinski definition) is 1. The molecule has 0 aliphatic rings. The van der Waals surface area contributed by atoms with Crippen molar-refractivity contribution >= 4 is 17.3 Å². The predicted octanol–water partition coefficient (Wildman–Crippen LogP) is 6.67. The number of halogens is 13. The highest BCUT2D eigenvalue weighted by Gasteiger charge is 2.80. The number of para-hydroxylation sites is 2. The molecule has 1 amide bonds. The van der Waals surface area contributed by atoms with E-state index in [2.05, 4.69) is 0 Å². The van der Waals surface area contributed by atoms with Crippen LogP contribution in [-0.2, 0) is 20.2 Å². The van der Waals surface area contributed by atoms with Crippen molar-refractivity contribution in [3.05, 3.63) is 64.2 Å². The summed E-state index contributed by atoms with van der Waals surface area (Å²) in [5.74, 6) is -15.3. The van der Waals surface area contributed by atoms with Gasteiger partial charge in [-0.3, -0.25) is 14.9 Å². The number of carbonyl (C=O) groups excluding carboxylic acids is 1. The van der Waals surface area contributed by atoms with Crippen molar-refractivity contribution in [2.24, 2.45) is 0 Å². The summed E-state index contributed by atoms with van der Waals surface area (Å²) in [5.41, 5.74) is -3.43. The quantitative estimate of drug-likeness (QED) is 0.161. The fourth-order valence-electron chi connectivity index (χ4n) is 2.70. The minimum Gasteiger partial charge on any atom is -0.477 e. The van der Waals surface area contributed by atoms with Crippen LogP contribution in [0.3, 0.4) is 0 Å². The van der Waals surface area contributed by atoms with Crippen LogP contribution >= 0.6 is 0 Å². The molecule has 0 aliphatic carbocycles. The zero-order chi connectivity index (χ0) is 31.7. The molecule has 2 aromatic rings. The van der Waals surface area contributed by atoms with Gasteiger partial charge < -0.3 is 10.1 Å². The van der Waals surface area contributed by atoms with Gasteiger partial charge in [-0.2, -0.15) is 43.9 Å². The molecule has 0 unspecified atom stereocenters. The lowest BCUT2D eigenvalue weighted by Crippen LogP contribution is -2.61. The highest BCUT2D eigenvalue weighted by atomic mass is 19.4. The van der Waals surface area contributed by atoms with Gasteiger partial charge in [0.15, 0.2) is 12.4 Å². The second-order valence-electron chi connectivity index (χ2n) is 7.49. The van der Waals surface area contributed by atoms with E-state index >= 15 is 0 Å². The number of amides is 1. The number of nitro groups is 1. The van der Waals surface area contributed by atoms with Crippen molar-refractivity contribution in [3.8, 4) is 5.75 Å². The number of nitrogens with zero attached hydrogens (tertiary/aromatic N) is 1. The van der Waals surface area contributed by atoms with Crippen LogP contribution in [0.25, 0.3) is 0 Å². The molecule has 0 aromatic heterocycles. The smallest absolute Gasteiger partial charge is 0.477 e. The predicted molar refractivity (Wildman–Crippen MR) is 106 cm³/mol. The summed E-state index contributed by atoms with van der Waals surface area (Å²) in [6.07, 6.45) is -28.2. The summed E-state index contributed by atoms with van der Waals surface area (Å²) in [5, 5.41) is 12.7. The van der Waals surface area contributed by atoms with Crippen LogP contribution in [0, 0.1) is 10.1 Å². The average molecular weight is 622 g/mol. The van der Waals surface area contributed by atoms with Crippen LogP contribution in [0.15, 0.2) is 48.5 Å². The maximum Gasteiger partial charge on any atom is 0.527 e. The van der Waals surface area contributed by atoms with E-state index in [0.29, 0.717) is 6.07 Å². The zero-order valence-electron chi connectivity index (χ0n) is 19.1. The van der Waals surface area contributed by atoms with Crippen LogP contribution in [-0.4, -0.2) is 48.0 Å². The van der Waals surface area contributed by atoms with E-state index in [0.717, 1.165) is 18.2 Å². The summed E-state index contributed by atoms with van der Waals surface area (Å²) in [6.45, 7) is -1.03. The third kappa shape index (κ3) is 7.45. The number of hydrogen-bond acceptors (Lipinski definition) is 6. The zero-order valence-corrected chi connectivity index (χ0v) is 19.1. The molecule has 0 heterocycles. The Bertz CT molecular complexity index is 1270. The number of carbonyl (C=O) groups is 1. The number of nitrogens with one attached hydrogen (secondary N) is 1. The molecule has 2 aromatic carbocycles. The Morgan fingerprint density at radius 2 is 1.34 bits per heavy atom. The molecular weight excluding hydrogens is 611 g/mol. The molecule has 41 heavy (non-hydrogen) atoms. The van der Waals surface area contributed by atoms with Gasteiger partial charge in [-0.25, -0.2) is 9.47 Å². The van der Waals surface area contributed by atoms with Gasteiger partial charge in [0.05, 0.1) is 4.92 Å². The molecule has 0 bridgehead atoms. The van der Waals surface area contributed by atoms with Crippen molar-refractivity contribution in [3.63, 3.8) is 0 Å². The Hall–Kier alpha value is -3.88. The van der Waals surface area contributed by atoms with Gasteiger partial charge in [0.2, 0.25) is 0 Å². The van der Waals surface area contributed by atoms with E-state index in [9.17, 15) is 72.0 Å². The van der Waals surface area contributed by atoms with E-state index in [-0.39, 0.29) is 12.1 Å². The van der Waals surface area contributed by atoms with Crippen LogP contribution in [0.5, 0.6) is 5.75 Å². The van der Waals surface area contributed by atoms with Crippen molar-refractivity contribution in [1.29, 1.82) is 0 Å². The lowest BCUT2D eigenvalue weighted by molar-refractivity contribution is -0.535. The van der Waals surface area contributed by atoms with E-state index in [1.165, 1.54) is 16.9 Å². The van der Waals surface area contributed by atoms with Gasteiger partial charge in [0, 0.05) is 17.3 Å². The summed E-state index contributed by atoms with van der Waals surface area (Å²) < 4.78 is 181. The number of alkyl halides is 13. The first-order valence-electron chi connectivity index (χ1n) is 10.1. The molecule has 1 N–H and O–H groups in total. The van der Waals surface area contributed by atoms with Gasteiger partial charge in [-0.1, -0.05) is 24.3 Å². The Kier molecular flexibility index (Phi) is 9.09. The highest BCUT2D eigenvalue weighted by molar-refractivity contribution is 5.92. The van der Waals surface area contributed by atoms with Crippen molar-refractivity contribution in [2.45, 2.75) is 36.5 Å². The Balaban J connectivity index is 2.23. The number of anilines is 1. The molecular formula is C20H11F13N2O6. The van der Waals surface area contributed by atoms with Crippen LogP contribution in [0.1, 0.15) is 5.56 Å². The second-order valence-corrected chi connectivity index (χ2v) is 7.49. The first-order chi connectivity index (χ1) is 18.4. The minimum atomic E-state index is -7.57. The van der Waals surface area contributed by atoms with Crippen LogP contribution in [0.2, 0.25) is 0 Å². The molecule has 0 saturated carbocycles. The molecule has 21 heteroatoms. The molecule has 2 rings (SSSR count). The maximum atomic E-state index is 14.4. The van der Waals surface area contributed by atoms with Crippen LogP contribution < -0.4 is 10.1 Å². The van der Waals surface area contributed by atoms with Gasteiger partial charge >= 0.3 is 42.2 Å². The topological polar surface area (TPSA) is 99.9 Å². The SMILES string of the molecule is O=C(COc1ccccc1[N+](=O)[O-])Nc1cccc(C(F)(F)C(F)(F)OC(F)(F)C(F)(F)C(F)(F)OC(F)(F)F)c1. The number of ether oxygens (including phenoxy) is 3. The van der Waals surface area contributed by atoms with Gasteiger partial charge in [0.1, 0.15) is 0 Å². The van der Waals surface area contributed by atoms with Crippen molar-refractivity contribution in [2.75, 3.05) is 11.9 Å². The van der Waals surface area contributed by atoms with Crippen molar-refractivity contribution in [1.82, 2.24) is 0 Å². The number of rotatable bonds is 12. The summed E-state index contributed by atoms with van der Waals surface area (Å²) in [7, 11) is 0. The normalized spacial score (nSPS) is 13.6. The molecule has 0 aliphatic heterocycles. The van der Waals surface area contributed by atoms with E-state index in [4.69, 9.17) is 4.74 Å². The lowest BCUT2D eigenvalue weighted by atomic mass is 10.1. The van der Waals surface area contributed by atoms with Crippen molar-refractivity contribution < 1.29 is 81.0 Å². The summed E-state index contributed by atoms with van der Waals surface area (Å²) >= 11 is 0. The molecule has 0 radical (unpaired) electrons. The van der Waals surface area contributed by atoms with E-state index < -0.39 is 76.7 Å². The monoisotopic (exact) mass is 622 g/mol. The molecule has 8 nitrogen and oxygen atoms in total. The standard InChI is InChI=1S/C20H11F13N2O6/c21-15(22,17(25,26)40-18(27,28)16(23,24)19(29,30)41-20(31,32)33)10-4-3-5-11(8-10)34-14(36)9-39-13-7-2-1-6-12(13)35(37)38/h1-8H,9H2,(H,34,36). The fraction of sp³-hybridized carbons (Fsp3) is 0.350. The Morgan fingerprint density at radius 3 is 1.90 bits per heavy atom. The van der Waals surface area contributed by atoms with Gasteiger partial charge in [0.25, 0.3) is 5.91 Å². The van der Waals surface area contributed by atoms with E-state index in [1.54, 1.807) is 5.32 Å². The molecule has 0 spiro atoms. The largest absolute Gasteiger partial charge is 0.527 e. The fourth-order valence-corrected chi connectivity index (χ4v) is 2.70. The molecule has 0 saturated heterocycles. The average Bonchev–Trinajstić information content (AvgIpc) is 2.80. The summed E-state index contributed by atoms with van der Waals surface area (Å²) in [6, 6.07) is 5.86. The first kappa shape index (κ1) is 33.3. The van der Waals surface area contributed by atoms with E-state index in [1.807, 2.05) is 4.74 Å². The third-order valence-electron chi connectivity index (χ3n) is 4.53. The highest BCUT2D eigenvalue weighted by Crippen LogP contribution is 2.54.